The van der Waals surface area contributed by atoms with E-state index in [1.165, 1.54) is 0 Å². The Hall–Kier alpha value is -4.20. The van der Waals surface area contributed by atoms with Gasteiger partial charge in [-0.1, -0.05) is 36.4 Å². The van der Waals surface area contributed by atoms with Gasteiger partial charge in [0.15, 0.2) is 0 Å². The molecule has 0 spiro atoms. The van der Waals surface area contributed by atoms with E-state index in [-0.39, 0.29) is 12.5 Å². The summed E-state index contributed by atoms with van der Waals surface area (Å²) in [5, 5.41) is 4.87. The van der Waals surface area contributed by atoms with Crippen LogP contribution in [0.3, 0.4) is 0 Å². The van der Waals surface area contributed by atoms with E-state index in [0.29, 0.717) is 24.3 Å². The van der Waals surface area contributed by atoms with Crippen LogP contribution >= 0.6 is 0 Å². The summed E-state index contributed by atoms with van der Waals surface area (Å²) in [5.74, 6) is 0.482. The molecule has 32 heavy (non-hydrogen) atoms. The zero-order valence-electron chi connectivity index (χ0n) is 17.4. The van der Waals surface area contributed by atoms with Gasteiger partial charge in [-0.25, -0.2) is 4.79 Å². The van der Waals surface area contributed by atoms with E-state index in [1.807, 2.05) is 54.6 Å². The number of hydrogen-bond donors (Lipinski definition) is 2. The van der Waals surface area contributed by atoms with Crippen LogP contribution in [0.25, 0.3) is 11.3 Å². The van der Waals surface area contributed by atoms with Crippen molar-refractivity contribution < 1.29 is 19.1 Å². The third-order valence-electron chi connectivity index (χ3n) is 5.37. The van der Waals surface area contributed by atoms with Crippen LogP contribution in [0, 0.1) is 0 Å². The summed E-state index contributed by atoms with van der Waals surface area (Å²) in [6.45, 7) is 0.669. The molecule has 4 amide bonds. The monoisotopic (exact) mass is 430 g/mol. The number of rotatable bonds is 7. The minimum absolute atomic E-state index is 0.133. The molecule has 1 aromatic heterocycles. The van der Waals surface area contributed by atoms with Crippen LogP contribution in [0.15, 0.2) is 66.9 Å². The van der Waals surface area contributed by atoms with Gasteiger partial charge in [-0.3, -0.25) is 19.9 Å². The summed E-state index contributed by atoms with van der Waals surface area (Å²) in [7, 11) is 1.55. The van der Waals surface area contributed by atoms with Crippen LogP contribution < -0.4 is 15.4 Å². The van der Waals surface area contributed by atoms with Gasteiger partial charge in [-0.05, 0) is 35.4 Å². The van der Waals surface area contributed by atoms with E-state index in [0.717, 1.165) is 22.4 Å². The Bertz CT molecular complexity index is 1130. The fourth-order valence-corrected chi connectivity index (χ4v) is 3.74. The summed E-state index contributed by atoms with van der Waals surface area (Å²) in [5.41, 5.74) is 4.05. The van der Waals surface area contributed by atoms with Gasteiger partial charge in [0, 0.05) is 30.4 Å². The summed E-state index contributed by atoms with van der Waals surface area (Å²) in [6.07, 6.45) is 2.04. The van der Waals surface area contributed by atoms with Crippen molar-refractivity contribution in [2.45, 2.75) is 12.6 Å². The number of benzene rings is 2. The van der Waals surface area contributed by atoms with E-state index in [2.05, 4.69) is 15.6 Å². The number of carbonyl (C=O) groups is 3. The average molecular weight is 430 g/mol. The van der Waals surface area contributed by atoms with Gasteiger partial charge in [0.2, 0.25) is 6.41 Å². The molecule has 0 radical (unpaired) electrons. The number of nitrogens with one attached hydrogen (secondary N) is 2. The molecule has 1 aliphatic heterocycles. The summed E-state index contributed by atoms with van der Waals surface area (Å²) < 4.78 is 5.23. The molecular formula is C24H22N4O4. The van der Waals surface area contributed by atoms with Crippen molar-refractivity contribution in [3.8, 4) is 17.0 Å². The van der Waals surface area contributed by atoms with Gasteiger partial charge >= 0.3 is 6.03 Å². The maximum atomic E-state index is 13.0. The van der Waals surface area contributed by atoms with Crippen molar-refractivity contribution in [1.29, 1.82) is 0 Å². The minimum atomic E-state index is -0.635. The third kappa shape index (κ3) is 4.44. The maximum Gasteiger partial charge on any atom is 0.321 e. The molecule has 0 aliphatic carbocycles. The maximum absolute atomic E-state index is 13.0. The molecule has 3 aromatic rings. The molecule has 1 aliphatic rings. The number of nitrogens with zero attached hydrogens (tertiary/aromatic N) is 2. The number of aromatic nitrogens is 1. The molecule has 1 atom stereocenters. The molecule has 8 heteroatoms. The molecule has 4 rings (SSSR count). The molecule has 0 saturated carbocycles. The largest absolute Gasteiger partial charge is 0.497 e. The SMILES string of the molecule is COc1ccc2c(c1)C(=O)N(C[C@H](NC(=O)NC=O)c1ccc(-c3ccccn3)cc1)C2. The van der Waals surface area contributed by atoms with Crippen molar-refractivity contribution in [2.75, 3.05) is 13.7 Å². The van der Waals surface area contributed by atoms with E-state index < -0.39 is 12.1 Å². The number of ether oxygens (including phenoxy) is 1. The Kier molecular flexibility index (Phi) is 6.12. The van der Waals surface area contributed by atoms with E-state index >= 15 is 0 Å². The van der Waals surface area contributed by atoms with Crippen molar-refractivity contribution in [1.82, 2.24) is 20.5 Å². The number of methoxy groups -OCH3 is 1. The summed E-state index contributed by atoms with van der Waals surface area (Å²) >= 11 is 0. The molecular weight excluding hydrogens is 408 g/mol. The average Bonchev–Trinajstić information content (AvgIpc) is 3.14. The zero-order valence-corrected chi connectivity index (χ0v) is 17.4. The number of carbonyl (C=O) groups excluding carboxylic acids is 3. The fourth-order valence-electron chi connectivity index (χ4n) is 3.74. The van der Waals surface area contributed by atoms with Gasteiger partial charge in [0.05, 0.1) is 18.8 Å². The van der Waals surface area contributed by atoms with Crippen LogP contribution in [0.5, 0.6) is 5.75 Å². The van der Waals surface area contributed by atoms with Crippen molar-refractivity contribution in [3.05, 3.63) is 83.6 Å². The van der Waals surface area contributed by atoms with E-state index in [4.69, 9.17) is 4.74 Å². The van der Waals surface area contributed by atoms with Gasteiger partial charge in [-0.15, -0.1) is 0 Å². The molecule has 0 bridgehead atoms. The third-order valence-corrected chi connectivity index (χ3v) is 5.37. The molecule has 0 fully saturated rings. The van der Waals surface area contributed by atoms with E-state index in [9.17, 15) is 14.4 Å². The first-order valence-corrected chi connectivity index (χ1v) is 10.1. The van der Waals surface area contributed by atoms with Crippen molar-refractivity contribution >= 4 is 18.3 Å². The van der Waals surface area contributed by atoms with Crippen LogP contribution in [0.4, 0.5) is 4.79 Å². The fraction of sp³-hybridized carbons (Fsp3) is 0.167. The predicted octanol–water partition coefficient (Wildman–Crippen LogP) is 2.91. The highest BCUT2D eigenvalue weighted by Crippen LogP contribution is 2.29. The quantitative estimate of drug-likeness (QED) is 0.562. The second-order valence-electron chi connectivity index (χ2n) is 7.33. The van der Waals surface area contributed by atoms with Crippen LogP contribution in [-0.2, 0) is 11.3 Å². The van der Waals surface area contributed by atoms with Crippen molar-refractivity contribution in [3.63, 3.8) is 0 Å². The lowest BCUT2D eigenvalue weighted by molar-refractivity contribution is -0.108. The molecule has 2 heterocycles. The highest BCUT2D eigenvalue weighted by atomic mass is 16.5. The molecule has 0 saturated heterocycles. The second-order valence-corrected chi connectivity index (χ2v) is 7.33. The molecule has 8 nitrogen and oxygen atoms in total. The number of pyridine rings is 1. The smallest absolute Gasteiger partial charge is 0.321 e. The van der Waals surface area contributed by atoms with Crippen LogP contribution in [0.1, 0.15) is 27.5 Å². The Labute approximate surface area is 185 Å². The highest BCUT2D eigenvalue weighted by molar-refractivity contribution is 5.98. The Morgan fingerprint density at radius 2 is 2.00 bits per heavy atom. The number of amides is 4. The zero-order chi connectivity index (χ0) is 22.5. The standard InChI is InChI=1S/C24H22N4O4/c1-32-19-10-9-18-13-28(23(30)20(18)12-19)14-22(27-24(31)26-15-29)17-7-5-16(6-8-17)21-4-2-3-11-25-21/h2-12,15,22H,13-14H2,1H3,(H2,26,27,29,31)/t22-/m0/s1. The summed E-state index contributed by atoms with van der Waals surface area (Å²) in [6, 6.07) is 17.5. The first kappa shape index (κ1) is 21.0. The normalized spacial score (nSPS) is 13.3. The molecule has 0 unspecified atom stereocenters. The number of fused-ring (bicyclic) bond motifs is 1. The second kappa shape index (κ2) is 9.30. The molecule has 2 N–H and O–H groups in total. The van der Waals surface area contributed by atoms with E-state index in [1.54, 1.807) is 24.3 Å². The highest BCUT2D eigenvalue weighted by Gasteiger charge is 2.30. The van der Waals surface area contributed by atoms with Gasteiger partial charge in [0.25, 0.3) is 5.91 Å². The van der Waals surface area contributed by atoms with Gasteiger partial charge in [-0.2, -0.15) is 0 Å². The Morgan fingerprint density at radius 3 is 2.69 bits per heavy atom. The predicted molar refractivity (Wildman–Crippen MR) is 118 cm³/mol. The first-order valence-electron chi connectivity index (χ1n) is 10.1. The van der Waals surface area contributed by atoms with Gasteiger partial charge < -0.3 is 15.0 Å². The number of imide groups is 1. The van der Waals surface area contributed by atoms with Gasteiger partial charge in [0.1, 0.15) is 5.75 Å². The number of hydrogen-bond acceptors (Lipinski definition) is 5. The topological polar surface area (TPSA) is 101 Å². The number of urea groups is 1. The minimum Gasteiger partial charge on any atom is -0.497 e. The first-order chi connectivity index (χ1) is 15.6. The van der Waals surface area contributed by atoms with Crippen molar-refractivity contribution in [2.24, 2.45) is 0 Å². The van der Waals surface area contributed by atoms with Crippen LogP contribution in [-0.4, -0.2) is 41.9 Å². The summed E-state index contributed by atoms with van der Waals surface area (Å²) in [4.78, 5) is 41.7. The Morgan fingerprint density at radius 1 is 1.19 bits per heavy atom. The molecule has 162 valence electrons. The lowest BCUT2D eigenvalue weighted by Crippen LogP contribution is -2.42. The lowest BCUT2D eigenvalue weighted by atomic mass is 10.0. The lowest BCUT2D eigenvalue weighted by Gasteiger charge is -2.25. The Balaban J connectivity index is 1.56. The van der Waals surface area contributed by atoms with Crippen LogP contribution in [0.2, 0.25) is 0 Å². The molecule has 2 aromatic carbocycles.